The number of unbranched alkanes of at least 4 members (excludes halogenated alkanes) is 1. The molecule has 0 bridgehead atoms. The number of aliphatic carboxylic acids is 1. The fourth-order valence-corrected chi connectivity index (χ4v) is 5.76. The van der Waals surface area contributed by atoms with Gasteiger partial charge in [-0.25, -0.2) is 8.42 Å². The molecular formula is C27H38N3NaO7S. The van der Waals surface area contributed by atoms with Gasteiger partial charge in [-0.15, -0.1) is 0 Å². The Morgan fingerprint density at radius 2 is 1.72 bits per heavy atom. The summed E-state index contributed by atoms with van der Waals surface area (Å²) < 4.78 is 38.1. The molecule has 0 saturated carbocycles. The zero-order valence-electron chi connectivity index (χ0n) is 23.4. The quantitative estimate of drug-likeness (QED) is 0.148. The third kappa shape index (κ3) is 10.6. The number of sulfonamides is 1. The van der Waals surface area contributed by atoms with Crippen molar-refractivity contribution in [3.8, 4) is 11.5 Å². The molecule has 0 saturated heterocycles. The van der Waals surface area contributed by atoms with Crippen molar-refractivity contribution in [3.63, 3.8) is 0 Å². The van der Waals surface area contributed by atoms with Crippen LogP contribution in [0.3, 0.4) is 0 Å². The number of ether oxygens (including phenoxy) is 2. The van der Waals surface area contributed by atoms with Crippen LogP contribution < -0.4 is 55.2 Å². The molecule has 0 spiro atoms. The van der Waals surface area contributed by atoms with E-state index in [0.717, 1.165) is 9.87 Å². The van der Waals surface area contributed by atoms with Crippen LogP contribution in [0.15, 0.2) is 47.4 Å². The van der Waals surface area contributed by atoms with Crippen molar-refractivity contribution in [3.05, 3.63) is 48.0 Å². The number of carbonyl (C=O) groups is 2. The van der Waals surface area contributed by atoms with Crippen LogP contribution in [0, 0.1) is 5.92 Å². The predicted molar refractivity (Wildman–Crippen MR) is 143 cm³/mol. The third-order valence-corrected chi connectivity index (χ3v) is 7.88. The summed E-state index contributed by atoms with van der Waals surface area (Å²) in [6, 6.07) is 9.73. The third-order valence-electron chi connectivity index (χ3n) is 5.99. The van der Waals surface area contributed by atoms with Gasteiger partial charge in [0.2, 0.25) is 15.9 Å². The van der Waals surface area contributed by atoms with Gasteiger partial charge in [-0.2, -0.15) is 4.31 Å². The Morgan fingerprint density at radius 1 is 1.05 bits per heavy atom. The first kappa shape index (κ1) is 34.7. The molecule has 0 aliphatic heterocycles. The van der Waals surface area contributed by atoms with Gasteiger partial charge in [0.25, 0.3) is 0 Å². The molecule has 0 aromatic heterocycles. The molecule has 2 rings (SSSR count). The first-order valence-electron chi connectivity index (χ1n) is 12.6. The summed E-state index contributed by atoms with van der Waals surface area (Å²) >= 11 is 0. The van der Waals surface area contributed by atoms with Crippen LogP contribution in [0.5, 0.6) is 11.5 Å². The maximum Gasteiger partial charge on any atom is 1.00 e. The maximum atomic E-state index is 13.3. The molecule has 2 aromatic rings. The second-order valence-electron chi connectivity index (χ2n) is 9.40. The van der Waals surface area contributed by atoms with Gasteiger partial charge in [-0.05, 0) is 67.5 Å². The summed E-state index contributed by atoms with van der Waals surface area (Å²) in [6.45, 7) is 3.99. The standard InChI is InChI=1S/C27H39N3O7S.Na/c1-19(2)18-30(38(34,35)23-13-10-21(28)11-14-23)24(27(32)33)7-5-6-16-29-26(31)15-9-20-8-12-22(36-3)17-25(20)37-4;/h8,10-14,17,19,24H,5-7,9,15-16,18,28H2,1-4H3,(H,29,31)(H,32,33);/q;+1/p-1/t24-;/m0./s1. The van der Waals surface area contributed by atoms with Crippen LogP contribution in [-0.4, -0.2) is 58.0 Å². The van der Waals surface area contributed by atoms with Crippen molar-refractivity contribution < 1.29 is 62.1 Å². The molecule has 10 nitrogen and oxygen atoms in total. The minimum atomic E-state index is -4.09. The van der Waals surface area contributed by atoms with E-state index in [-0.39, 0.29) is 65.7 Å². The zero-order valence-corrected chi connectivity index (χ0v) is 26.3. The monoisotopic (exact) mass is 571 g/mol. The minimum Gasteiger partial charge on any atom is -0.548 e. The number of hydrogen-bond acceptors (Lipinski definition) is 8. The average molecular weight is 572 g/mol. The normalized spacial score (nSPS) is 12.1. The Hall–Kier alpha value is -2.31. The van der Waals surface area contributed by atoms with Crippen LogP contribution in [-0.2, 0) is 26.0 Å². The Morgan fingerprint density at radius 3 is 2.28 bits per heavy atom. The van der Waals surface area contributed by atoms with Crippen molar-refractivity contribution in [2.75, 3.05) is 33.0 Å². The Balaban J connectivity index is 0.00000760. The van der Waals surface area contributed by atoms with Crippen molar-refractivity contribution in [1.29, 1.82) is 0 Å². The Bertz CT molecular complexity index is 1170. The van der Waals surface area contributed by atoms with E-state index in [0.29, 0.717) is 43.0 Å². The van der Waals surface area contributed by atoms with Gasteiger partial charge in [0.05, 0.1) is 31.1 Å². The number of methoxy groups -OCH3 is 2. The molecule has 39 heavy (non-hydrogen) atoms. The molecule has 0 aliphatic carbocycles. The summed E-state index contributed by atoms with van der Waals surface area (Å²) in [5, 5.41) is 14.8. The molecule has 0 aliphatic rings. The van der Waals surface area contributed by atoms with E-state index < -0.39 is 22.0 Å². The topological polar surface area (TPSA) is 151 Å². The number of anilines is 1. The number of hydrogen-bond donors (Lipinski definition) is 2. The largest absolute Gasteiger partial charge is 1.00 e. The second-order valence-corrected chi connectivity index (χ2v) is 11.3. The van der Waals surface area contributed by atoms with E-state index in [1.54, 1.807) is 26.4 Å². The van der Waals surface area contributed by atoms with Crippen LogP contribution in [0.4, 0.5) is 5.69 Å². The Kier molecular flexibility index (Phi) is 14.9. The first-order chi connectivity index (χ1) is 18.0. The molecule has 0 fully saturated rings. The maximum absolute atomic E-state index is 13.3. The van der Waals surface area contributed by atoms with E-state index in [1.165, 1.54) is 24.3 Å². The van der Waals surface area contributed by atoms with E-state index in [2.05, 4.69) is 5.32 Å². The molecule has 0 radical (unpaired) electrons. The van der Waals surface area contributed by atoms with Gasteiger partial charge in [0.1, 0.15) is 11.5 Å². The molecule has 1 amide bonds. The van der Waals surface area contributed by atoms with E-state index in [9.17, 15) is 23.1 Å². The van der Waals surface area contributed by atoms with Gasteiger partial charge in [-0.3, -0.25) is 4.79 Å². The first-order valence-corrected chi connectivity index (χ1v) is 14.0. The zero-order chi connectivity index (χ0) is 28.3. The molecular weight excluding hydrogens is 533 g/mol. The number of amides is 1. The van der Waals surface area contributed by atoms with Crippen LogP contribution >= 0.6 is 0 Å². The molecule has 2 aromatic carbocycles. The van der Waals surface area contributed by atoms with Crippen molar-refractivity contribution in [2.24, 2.45) is 5.92 Å². The number of carboxylic acids is 1. The number of nitrogen functional groups attached to an aromatic ring is 1. The molecule has 0 heterocycles. The summed E-state index contributed by atoms with van der Waals surface area (Å²) in [4.78, 5) is 24.3. The van der Waals surface area contributed by atoms with Gasteiger partial charge < -0.3 is 30.4 Å². The smallest absolute Gasteiger partial charge is 0.548 e. The van der Waals surface area contributed by atoms with Gasteiger partial charge in [-0.1, -0.05) is 19.9 Å². The van der Waals surface area contributed by atoms with E-state index in [1.807, 2.05) is 19.9 Å². The van der Waals surface area contributed by atoms with E-state index in [4.69, 9.17) is 15.2 Å². The fourth-order valence-electron chi connectivity index (χ4n) is 3.99. The SMILES string of the molecule is COc1ccc(CCC(=O)NCCCC[C@@H](C(=O)[O-])N(CC(C)C)S(=O)(=O)c2ccc(N)cc2)c(OC)c1.[Na+]. The predicted octanol–water partition coefficient (Wildman–Crippen LogP) is -1.03. The fraction of sp³-hybridized carbons (Fsp3) is 0.481. The number of rotatable bonds is 16. The Labute approximate surface area is 253 Å². The summed E-state index contributed by atoms with van der Waals surface area (Å²) in [5.74, 6) is -0.402. The summed E-state index contributed by atoms with van der Waals surface area (Å²) in [7, 11) is -0.964. The number of nitrogens with two attached hydrogens (primary N) is 1. The minimum absolute atomic E-state index is 0. The average Bonchev–Trinajstić information content (AvgIpc) is 2.88. The molecule has 12 heteroatoms. The number of aryl methyl sites for hydroxylation is 1. The summed E-state index contributed by atoms with van der Waals surface area (Å²) in [5.41, 5.74) is 6.96. The van der Waals surface area contributed by atoms with E-state index >= 15 is 0 Å². The number of nitrogens with zero attached hydrogens (tertiary/aromatic N) is 1. The number of nitrogens with one attached hydrogen (secondary N) is 1. The van der Waals surface area contributed by atoms with Crippen LogP contribution in [0.1, 0.15) is 45.1 Å². The molecule has 1 atom stereocenters. The van der Waals surface area contributed by atoms with Crippen LogP contribution in [0.2, 0.25) is 0 Å². The van der Waals surface area contributed by atoms with Gasteiger partial charge in [0, 0.05) is 31.3 Å². The van der Waals surface area contributed by atoms with Crippen molar-refractivity contribution in [1.82, 2.24) is 9.62 Å². The summed E-state index contributed by atoms with van der Waals surface area (Å²) in [6.07, 6.45) is 1.67. The van der Waals surface area contributed by atoms with Crippen molar-refractivity contribution >= 4 is 27.6 Å². The number of benzene rings is 2. The number of carbonyl (C=O) groups excluding carboxylic acids is 2. The second kappa shape index (κ2) is 16.7. The molecule has 0 unspecified atom stereocenters. The molecule has 210 valence electrons. The van der Waals surface area contributed by atoms with Crippen molar-refractivity contribution in [2.45, 2.75) is 56.9 Å². The van der Waals surface area contributed by atoms with Gasteiger partial charge in [0.15, 0.2) is 0 Å². The number of carboxylic acid groups (broad SMARTS) is 1. The molecule has 3 N–H and O–H groups in total. The van der Waals surface area contributed by atoms with Gasteiger partial charge >= 0.3 is 29.6 Å². The van der Waals surface area contributed by atoms with Crippen LogP contribution in [0.25, 0.3) is 0 Å².